The summed E-state index contributed by atoms with van der Waals surface area (Å²) >= 11 is 0. The predicted molar refractivity (Wildman–Crippen MR) is 82.8 cm³/mol. The molecule has 0 atom stereocenters. The standard InChI is InChI=1S/C16H18N4O2/c1-9(2)14-13(16(21)19-18-14)8-11-5-4-6-12(7-11)15-17-10(3)22-20-15/h4-7,9H,8H2,1-3H3,(H2,18,19,21). The van der Waals surface area contributed by atoms with Crippen molar-refractivity contribution in [3.8, 4) is 11.4 Å². The molecule has 6 heteroatoms. The van der Waals surface area contributed by atoms with Crippen molar-refractivity contribution in [2.75, 3.05) is 0 Å². The van der Waals surface area contributed by atoms with Crippen LogP contribution in [0.3, 0.4) is 0 Å². The van der Waals surface area contributed by atoms with Crippen LogP contribution in [0.2, 0.25) is 0 Å². The lowest BCUT2D eigenvalue weighted by atomic mass is 9.99. The molecule has 2 heterocycles. The molecule has 3 rings (SSSR count). The van der Waals surface area contributed by atoms with Gasteiger partial charge in [-0.15, -0.1) is 0 Å². The fourth-order valence-corrected chi connectivity index (χ4v) is 2.51. The van der Waals surface area contributed by atoms with E-state index >= 15 is 0 Å². The lowest BCUT2D eigenvalue weighted by Crippen LogP contribution is -2.08. The summed E-state index contributed by atoms with van der Waals surface area (Å²) in [5, 5.41) is 9.56. The monoisotopic (exact) mass is 298 g/mol. The van der Waals surface area contributed by atoms with Crippen LogP contribution < -0.4 is 5.56 Å². The van der Waals surface area contributed by atoms with Gasteiger partial charge in [-0.05, 0) is 17.5 Å². The summed E-state index contributed by atoms with van der Waals surface area (Å²) in [6, 6.07) is 7.85. The molecule has 0 spiro atoms. The molecule has 0 radical (unpaired) electrons. The summed E-state index contributed by atoms with van der Waals surface area (Å²) in [7, 11) is 0. The molecule has 0 aliphatic rings. The van der Waals surface area contributed by atoms with Gasteiger partial charge < -0.3 is 9.62 Å². The normalized spacial score (nSPS) is 11.3. The molecular weight excluding hydrogens is 280 g/mol. The number of rotatable bonds is 4. The van der Waals surface area contributed by atoms with Crippen LogP contribution in [-0.4, -0.2) is 20.3 Å². The maximum absolute atomic E-state index is 12.0. The molecule has 0 aliphatic heterocycles. The Hall–Kier alpha value is -2.63. The van der Waals surface area contributed by atoms with Gasteiger partial charge in [0.1, 0.15) is 0 Å². The maximum Gasteiger partial charge on any atom is 0.267 e. The minimum Gasteiger partial charge on any atom is -0.339 e. The van der Waals surface area contributed by atoms with Crippen molar-refractivity contribution in [3.63, 3.8) is 0 Å². The molecule has 22 heavy (non-hydrogen) atoms. The molecule has 2 N–H and O–H groups in total. The fourth-order valence-electron chi connectivity index (χ4n) is 2.51. The smallest absolute Gasteiger partial charge is 0.267 e. The number of nitrogens with one attached hydrogen (secondary N) is 2. The van der Waals surface area contributed by atoms with Gasteiger partial charge in [-0.2, -0.15) is 4.98 Å². The Bertz CT molecular complexity index is 842. The zero-order valence-corrected chi connectivity index (χ0v) is 12.8. The van der Waals surface area contributed by atoms with Crippen molar-refractivity contribution in [2.45, 2.75) is 33.1 Å². The number of aromatic amines is 2. The highest BCUT2D eigenvalue weighted by Gasteiger charge is 2.14. The maximum atomic E-state index is 12.0. The van der Waals surface area contributed by atoms with E-state index in [9.17, 15) is 4.79 Å². The first-order valence-electron chi connectivity index (χ1n) is 7.23. The number of aryl methyl sites for hydroxylation is 1. The minimum absolute atomic E-state index is 0.0653. The summed E-state index contributed by atoms with van der Waals surface area (Å²) in [6.07, 6.45) is 0.566. The molecule has 0 bridgehead atoms. The van der Waals surface area contributed by atoms with Gasteiger partial charge in [0.25, 0.3) is 5.56 Å². The van der Waals surface area contributed by atoms with Crippen molar-refractivity contribution in [2.24, 2.45) is 0 Å². The van der Waals surface area contributed by atoms with E-state index in [2.05, 4.69) is 34.2 Å². The molecule has 6 nitrogen and oxygen atoms in total. The van der Waals surface area contributed by atoms with Crippen LogP contribution in [0.5, 0.6) is 0 Å². The Balaban J connectivity index is 1.94. The Labute approximate surface area is 127 Å². The summed E-state index contributed by atoms with van der Waals surface area (Å²) in [5.41, 5.74) is 3.58. The molecule has 0 unspecified atom stereocenters. The van der Waals surface area contributed by atoms with E-state index in [1.807, 2.05) is 24.3 Å². The third-order valence-corrected chi connectivity index (χ3v) is 3.58. The van der Waals surface area contributed by atoms with E-state index in [0.29, 0.717) is 18.1 Å². The molecule has 0 aliphatic carbocycles. The van der Waals surface area contributed by atoms with Gasteiger partial charge in [0.2, 0.25) is 11.7 Å². The minimum atomic E-state index is -0.0653. The number of H-pyrrole nitrogens is 2. The van der Waals surface area contributed by atoms with Crippen LogP contribution in [0.15, 0.2) is 33.6 Å². The Morgan fingerprint density at radius 3 is 2.77 bits per heavy atom. The van der Waals surface area contributed by atoms with E-state index in [1.165, 1.54) is 0 Å². The summed E-state index contributed by atoms with van der Waals surface area (Å²) < 4.78 is 5.01. The first-order valence-corrected chi connectivity index (χ1v) is 7.23. The molecule has 0 amide bonds. The summed E-state index contributed by atoms with van der Waals surface area (Å²) in [6.45, 7) is 5.87. The van der Waals surface area contributed by atoms with Crippen molar-refractivity contribution in [1.82, 2.24) is 20.3 Å². The van der Waals surface area contributed by atoms with Crippen molar-refractivity contribution < 1.29 is 4.52 Å². The lowest BCUT2D eigenvalue weighted by Gasteiger charge is -2.06. The highest BCUT2D eigenvalue weighted by atomic mass is 16.5. The zero-order chi connectivity index (χ0) is 15.7. The number of nitrogens with zero attached hydrogens (tertiary/aromatic N) is 2. The summed E-state index contributed by atoms with van der Waals surface area (Å²) in [5.74, 6) is 1.35. The second-order valence-corrected chi connectivity index (χ2v) is 5.64. The van der Waals surface area contributed by atoms with Gasteiger partial charge in [0.05, 0.1) is 0 Å². The largest absolute Gasteiger partial charge is 0.339 e. The first kappa shape index (κ1) is 14.3. The number of benzene rings is 1. The third kappa shape index (κ3) is 2.72. The molecule has 1 aromatic carbocycles. The molecule has 0 saturated carbocycles. The Morgan fingerprint density at radius 1 is 1.27 bits per heavy atom. The van der Waals surface area contributed by atoms with Crippen LogP contribution in [0.25, 0.3) is 11.4 Å². The SMILES string of the molecule is Cc1nc(-c2cccc(Cc3c(C(C)C)[nH][nH]c3=O)c2)no1. The van der Waals surface area contributed by atoms with Gasteiger partial charge in [-0.25, -0.2) is 0 Å². The third-order valence-electron chi connectivity index (χ3n) is 3.58. The van der Waals surface area contributed by atoms with E-state index in [-0.39, 0.29) is 11.5 Å². The van der Waals surface area contributed by atoms with Crippen LogP contribution in [0, 0.1) is 6.92 Å². The second kappa shape index (κ2) is 5.63. The lowest BCUT2D eigenvalue weighted by molar-refractivity contribution is 0.394. The Kier molecular flexibility index (Phi) is 3.66. The van der Waals surface area contributed by atoms with Crippen molar-refractivity contribution >= 4 is 0 Å². The highest BCUT2D eigenvalue weighted by molar-refractivity contribution is 5.55. The molecule has 0 fully saturated rings. The van der Waals surface area contributed by atoms with Crippen LogP contribution >= 0.6 is 0 Å². The van der Waals surface area contributed by atoms with Crippen LogP contribution in [0.4, 0.5) is 0 Å². The van der Waals surface area contributed by atoms with Gasteiger partial charge in [-0.3, -0.25) is 9.89 Å². The molecule has 2 aromatic heterocycles. The second-order valence-electron chi connectivity index (χ2n) is 5.64. The molecular formula is C16H18N4O2. The molecule has 114 valence electrons. The Morgan fingerprint density at radius 2 is 2.09 bits per heavy atom. The van der Waals surface area contributed by atoms with Crippen LogP contribution in [-0.2, 0) is 6.42 Å². The van der Waals surface area contributed by atoms with Gasteiger partial charge in [-0.1, -0.05) is 37.2 Å². The van der Waals surface area contributed by atoms with Gasteiger partial charge in [0, 0.05) is 30.2 Å². The van der Waals surface area contributed by atoms with Crippen LogP contribution in [0.1, 0.15) is 42.5 Å². The topological polar surface area (TPSA) is 87.6 Å². The molecule has 3 aromatic rings. The van der Waals surface area contributed by atoms with Gasteiger partial charge >= 0.3 is 0 Å². The van der Waals surface area contributed by atoms with Crippen molar-refractivity contribution in [3.05, 3.63) is 57.3 Å². The number of hydrogen-bond acceptors (Lipinski definition) is 4. The molecule has 0 saturated heterocycles. The predicted octanol–water partition coefficient (Wildman–Crippen LogP) is 2.78. The quantitative estimate of drug-likeness (QED) is 0.775. The van der Waals surface area contributed by atoms with E-state index in [1.54, 1.807) is 6.92 Å². The zero-order valence-electron chi connectivity index (χ0n) is 12.8. The highest BCUT2D eigenvalue weighted by Crippen LogP contribution is 2.21. The number of hydrogen-bond donors (Lipinski definition) is 2. The first-order chi connectivity index (χ1) is 10.5. The summed E-state index contributed by atoms with van der Waals surface area (Å²) in [4.78, 5) is 16.2. The van der Waals surface area contributed by atoms with E-state index in [4.69, 9.17) is 4.52 Å². The number of aromatic nitrogens is 4. The van der Waals surface area contributed by atoms with Gasteiger partial charge in [0.15, 0.2) is 0 Å². The van der Waals surface area contributed by atoms with E-state index < -0.39 is 0 Å². The van der Waals surface area contributed by atoms with E-state index in [0.717, 1.165) is 22.4 Å². The van der Waals surface area contributed by atoms with Crippen molar-refractivity contribution in [1.29, 1.82) is 0 Å². The average Bonchev–Trinajstić information content (AvgIpc) is 3.07. The average molecular weight is 298 g/mol. The fraction of sp³-hybridized carbons (Fsp3) is 0.312.